The second kappa shape index (κ2) is 9.85. The van der Waals surface area contributed by atoms with E-state index in [0.717, 1.165) is 23.0 Å². The van der Waals surface area contributed by atoms with Crippen molar-refractivity contribution in [3.8, 4) is 0 Å². The molecule has 6 heteroatoms. The summed E-state index contributed by atoms with van der Waals surface area (Å²) in [5, 5.41) is 0.110. The highest BCUT2D eigenvalue weighted by Gasteiger charge is 2.39. The Morgan fingerprint density at radius 1 is 1.32 bits per heavy atom. The molecule has 2 rings (SSSR count). The molecule has 0 N–H and O–H groups in total. The van der Waals surface area contributed by atoms with Crippen LogP contribution in [0.3, 0.4) is 0 Å². The van der Waals surface area contributed by atoms with Crippen LogP contribution >= 0.6 is 22.6 Å². The predicted molar refractivity (Wildman–Crippen MR) is 125 cm³/mol. The molecular weight excluding hydrogens is 484 g/mol. The molecular formula is C22H33FINO2Si. The number of benzene rings is 1. The minimum atomic E-state index is -1.96. The van der Waals surface area contributed by atoms with Crippen LogP contribution < -0.4 is 0 Å². The number of nitrogens with zero attached hydrogens (tertiary/aromatic N) is 1. The fourth-order valence-corrected chi connectivity index (χ4v) is 4.94. The van der Waals surface area contributed by atoms with Crippen LogP contribution in [0.1, 0.15) is 39.2 Å². The van der Waals surface area contributed by atoms with Gasteiger partial charge in [0.2, 0.25) is 5.91 Å². The molecule has 156 valence electrons. The van der Waals surface area contributed by atoms with Crippen molar-refractivity contribution < 1.29 is 13.6 Å². The first kappa shape index (κ1) is 23.5. The van der Waals surface area contributed by atoms with Crippen LogP contribution in [0.4, 0.5) is 4.39 Å². The molecule has 1 aromatic rings. The van der Waals surface area contributed by atoms with E-state index in [2.05, 4.69) is 68.6 Å². The van der Waals surface area contributed by atoms with E-state index in [1.165, 1.54) is 12.1 Å². The lowest BCUT2D eigenvalue weighted by Gasteiger charge is -2.39. The molecule has 0 bridgehead atoms. The zero-order valence-corrected chi connectivity index (χ0v) is 20.8. The lowest BCUT2D eigenvalue weighted by molar-refractivity contribution is -0.128. The Kier molecular flexibility index (Phi) is 8.28. The molecule has 2 atom stereocenters. The van der Waals surface area contributed by atoms with Crippen molar-refractivity contribution in [3.05, 3.63) is 47.8 Å². The van der Waals surface area contributed by atoms with E-state index in [4.69, 9.17) is 4.43 Å². The molecule has 28 heavy (non-hydrogen) atoms. The van der Waals surface area contributed by atoms with Gasteiger partial charge in [0.25, 0.3) is 0 Å². The maximum absolute atomic E-state index is 13.3. The van der Waals surface area contributed by atoms with Gasteiger partial charge in [0.05, 0.1) is 12.1 Å². The second-order valence-electron chi connectivity index (χ2n) is 9.01. The van der Waals surface area contributed by atoms with Crippen molar-refractivity contribution in [2.24, 2.45) is 0 Å². The number of hydrogen-bond acceptors (Lipinski definition) is 2. The first-order valence-electron chi connectivity index (χ1n) is 9.99. The molecule has 3 nitrogen and oxygen atoms in total. The van der Waals surface area contributed by atoms with E-state index in [1.54, 1.807) is 0 Å². The Hall–Kier alpha value is -0.733. The van der Waals surface area contributed by atoms with Crippen LogP contribution in [0.15, 0.2) is 36.4 Å². The van der Waals surface area contributed by atoms with Gasteiger partial charge < -0.3 is 9.33 Å². The van der Waals surface area contributed by atoms with E-state index >= 15 is 0 Å². The molecule has 1 aromatic carbocycles. The number of rotatable bonds is 8. The Bertz CT molecular complexity index is 685. The maximum atomic E-state index is 13.3. The van der Waals surface area contributed by atoms with Gasteiger partial charge in [0.15, 0.2) is 8.32 Å². The van der Waals surface area contributed by atoms with Gasteiger partial charge in [-0.15, -0.1) is 0 Å². The summed E-state index contributed by atoms with van der Waals surface area (Å²) in [7, 11) is -1.96. The summed E-state index contributed by atoms with van der Waals surface area (Å²) >= 11 is 2.32. The molecule has 0 aromatic heterocycles. The Morgan fingerprint density at radius 2 is 1.96 bits per heavy atom. The summed E-state index contributed by atoms with van der Waals surface area (Å²) < 4.78 is 20.9. The molecule has 0 unspecified atom stereocenters. The van der Waals surface area contributed by atoms with Gasteiger partial charge in [-0.25, -0.2) is 4.39 Å². The van der Waals surface area contributed by atoms with E-state index in [0.29, 0.717) is 12.8 Å². The Morgan fingerprint density at radius 3 is 2.54 bits per heavy atom. The number of likely N-dealkylation sites (tertiary alicyclic amines) is 1. The van der Waals surface area contributed by atoms with Crippen molar-refractivity contribution >= 4 is 36.8 Å². The molecule has 1 amide bonds. The summed E-state index contributed by atoms with van der Waals surface area (Å²) in [5.41, 5.74) is 1.06. The minimum Gasteiger partial charge on any atom is -0.410 e. The van der Waals surface area contributed by atoms with E-state index in [1.807, 2.05) is 17.0 Å². The smallest absolute Gasteiger partial charge is 0.223 e. The standard InChI is InChI=1S/C22H33FINO2Si/c1-22(2,3)28(4,5)27-20(16-17-6-8-18(23)9-7-17)12-10-19-11-13-21(26)25(19)15-14-24/h6-10,12,19-20H,11,13-16H2,1-5H3/b12-10+/t19-,20+/m0/s1. The molecule has 0 saturated carbocycles. The average Bonchev–Trinajstić information content (AvgIpc) is 2.94. The number of halogens is 2. The van der Waals surface area contributed by atoms with Crippen molar-refractivity contribution in [3.63, 3.8) is 0 Å². The van der Waals surface area contributed by atoms with Crippen LogP contribution in [0.5, 0.6) is 0 Å². The minimum absolute atomic E-state index is 0.0801. The maximum Gasteiger partial charge on any atom is 0.223 e. The first-order chi connectivity index (χ1) is 13.0. The Balaban J connectivity index is 2.19. The van der Waals surface area contributed by atoms with Gasteiger partial charge in [-0.05, 0) is 42.2 Å². The van der Waals surface area contributed by atoms with Crippen molar-refractivity contribution in [1.82, 2.24) is 4.90 Å². The highest BCUT2D eigenvalue weighted by atomic mass is 127. The number of carbonyl (C=O) groups excluding carboxylic acids is 1. The second-order valence-corrected chi connectivity index (χ2v) is 14.8. The van der Waals surface area contributed by atoms with E-state index < -0.39 is 8.32 Å². The van der Waals surface area contributed by atoms with Gasteiger partial charge in [-0.3, -0.25) is 4.79 Å². The van der Waals surface area contributed by atoms with Gasteiger partial charge in [0.1, 0.15) is 5.82 Å². The van der Waals surface area contributed by atoms with Crippen molar-refractivity contribution in [2.45, 2.75) is 70.3 Å². The molecule has 1 heterocycles. The monoisotopic (exact) mass is 517 g/mol. The number of carbonyl (C=O) groups is 1. The predicted octanol–water partition coefficient (Wildman–Crippen LogP) is 5.74. The summed E-state index contributed by atoms with van der Waals surface area (Å²) in [6.45, 7) is 12.0. The highest BCUT2D eigenvalue weighted by molar-refractivity contribution is 14.1. The average molecular weight is 517 g/mol. The normalized spacial score (nSPS) is 19.6. The summed E-state index contributed by atoms with van der Waals surface area (Å²) in [4.78, 5) is 14.1. The molecule has 0 radical (unpaired) electrons. The van der Waals surface area contributed by atoms with Crippen molar-refractivity contribution in [1.29, 1.82) is 0 Å². The molecule has 1 aliphatic rings. The van der Waals surface area contributed by atoms with E-state index in [-0.39, 0.29) is 28.9 Å². The molecule has 1 aliphatic heterocycles. The lowest BCUT2D eigenvalue weighted by atomic mass is 10.1. The van der Waals surface area contributed by atoms with Crippen LogP contribution in [-0.4, -0.2) is 42.2 Å². The fraction of sp³-hybridized carbons (Fsp3) is 0.591. The van der Waals surface area contributed by atoms with Crippen LogP contribution in [0, 0.1) is 5.82 Å². The van der Waals surface area contributed by atoms with Gasteiger partial charge in [-0.1, -0.05) is 67.6 Å². The third-order valence-electron chi connectivity index (χ3n) is 5.85. The van der Waals surface area contributed by atoms with Gasteiger partial charge in [0, 0.05) is 23.8 Å². The SMILES string of the molecule is CC(C)(C)[Si](C)(C)O[C@H](/C=C/[C@H]1CCC(=O)N1CCI)Cc1ccc(F)cc1. The zero-order valence-electron chi connectivity index (χ0n) is 17.7. The van der Waals surface area contributed by atoms with Crippen LogP contribution in [0.2, 0.25) is 18.1 Å². The third-order valence-corrected chi connectivity index (χ3v) is 10.8. The quantitative estimate of drug-likeness (QED) is 0.191. The van der Waals surface area contributed by atoms with E-state index in [9.17, 15) is 9.18 Å². The summed E-state index contributed by atoms with van der Waals surface area (Å²) in [6.07, 6.45) is 6.40. The molecule has 1 saturated heterocycles. The Labute approximate surface area is 184 Å². The number of amides is 1. The molecule has 1 fully saturated rings. The lowest BCUT2D eigenvalue weighted by Crippen LogP contribution is -2.44. The fourth-order valence-electron chi connectivity index (χ4n) is 3.15. The topological polar surface area (TPSA) is 29.5 Å². The molecule has 0 aliphatic carbocycles. The van der Waals surface area contributed by atoms with Gasteiger partial charge in [-0.2, -0.15) is 0 Å². The van der Waals surface area contributed by atoms with Crippen molar-refractivity contribution in [2.75, 3.05) is 11.0 Å². The largest absolute Gasteiger partial charge is 0.410 e. The zero-order chi connectivity index (χ0) is 20.9. The summed E-state index contributed by atoms with van der Waals surface area (Å²) in [5.74, 6) is 0.0202. The first-order valence-corrected chi connectivity index (χ1v) is 14.4. The third kappa shape index (κ3) is 6.39. The van der Waals surface area contributed by atoms with Gasteiger partial charge >= 0.3 is 0 Å². The number of alkyl halides is 1. The summed E-state index contributed by atoms with van der Waals surface area (Å²) in [6, 6.07) is 6.81. The molecule has 0 spiro atoms. The highest BCUT2D eigenvalue weighted by Crippen LogP contribution is 2.38. The van der Waals surface area contributed by atoms with Crippen LogP contribution in [0.25, 0.3) is 0 Å². The van der Waals surface area contributed by atoms with Crippen LogP contribution in [-0.2, 0) is 15.6 Å². The number of hydrogen-bond donors (Lipinski definition) is 0.